The maximum atomic E-state index is 12.0. The van der Waals surface area contributed by atoms with E-state index in [0.29, 0.717) is 6.54 Å². The first-order chi connectivity index (χ1) is 8.35. The molecule has 0 aromatic carbocycles. The van der Waals surface area contributed by atoms with Crippen molar-refractivity contribution in [3.8, 4) is 0 Å². The molecule has 1 aliphatic carbocycles. The Morgan fingerprint density at radius 1 is 1.44 bits per heavy atom. The average molecular weight is 250 g/mol. The Kier molecular flexibility index (Phi) is 2.92. The van der Waals surface area contributed by atoms with Crippen molar-refractivity contribution in [1.29, 1.82) is 0 Å². The van der Waals surface area contributed by atoms with Crippen LogP contribution in [0.15, 0.2) is 18.3 Å². The number of carboxylic acids is 1. The predicted octanol–water partition coefficient (Wildman–Crippen LogP) is 0.998. The van der Waals surface area contributed by atoms with Crippen molar-refractivity contribution < 1.29 is 14.7 Å². The van der Waals surface area contributed by atoms with Crippen LogP contribution in [0.5, 0.6) is 0 Å². The fourth-order valence-corrected chi connectivity index (χ4v) is 2.56. The molecule has 5 heteroatoms. The minimum atomic E-state index is -0.890. The lowest BCUT2D eigenvalue weighted by Gasteiger charge is -2.07. The quantitative estimate of drug-likeness (QED) is 0.837. The smallest absolute Gasteiger partial charge is 0.307 e. The third kappa shape index (κ3) is 2.00. The molecule has 1 fully saturated rings. The Labute approximate surface area is 106 Å². The van der Waals surface area contributed by atoms with Gasteiger partial charge in [0.2, 0.25) is 5.91 Å². The summed E-state index contributed by atoms with van der Waals surface area (Å²) in [6.07, 6.45) is 1.91. The number of carbonyl (C=O) groups excluding carboxylic acids is 1. The van der Waals surface area contributed by atoms with Crippen LogP contribution in [-0.2, 0) is 23.2 Å². The van der Waals surface area contributed by atoms with E-state index in [1.54, 1.807) is 0 Å². The van der Waals surface area contributed by atoms with Crippen molar-refractivity contribution in [2.75, 3.05) is 0 Å². The molecule has 1 aliphatic rings. The Hall–Kier alpha value is -1.78. The molecule has 1 amide bonds. The first-order valence-corrected chi connectivity index (χ1v) is 5.96. The second-order valence-electron chi connectivity index (χ2n) is 5.44. The summed E-state index contributed by atoms with van der Waals surface area (Å²) in [5.74, 6) is -2.05. The fourth-order valence-electron chi connectivity index (χ4n) is 2.56. The zero-order valence-electron chi connectivity index (χ0n) is 10.8. The lowest BCUT2D eigenvalue weighted by Crippen LogP contribution is -2.27. The summed E-state index contributed by atoms with van der Waals surface area (Å²) in [4.78, 5) is 23.0. The van der Waals surface area contributed by atoms with Gasteiger partial charge in [0.15, 0.2) is 0 Å². The second-order valence-corrected chi connectivity index (χ2v) is 5.44. The van der Waals surface area contributed by atoms with Crippen LogP contribution in [0.4, 0.5) is 0 Å². The molecule has 0 spiro atoms. The Morgan fingerprint density at radius 3 is 2.56 bits per heavy atom. The third-order valence-electron chi connectivity index (χ3n) is 3.87. The highest BCUT2D eigenvalue weighted by Crippen LogP contribution is 2.58. The van der Waals surface area contributed by atoms with Crippen LogP contribution in [-0.4, -0.2) is 21.6 Å². The zero-order valence-corrected chi connectivity index (χ0v) is 10.8. The van der Waals surface area contributed by atoms with Gasteiger partial charge in [-0.2, -0.15) is 0 Å². The van der Waals surface area contributed by atoms with Crippen molar-refractivity contribution in [3.05, 3.63) is 24.0 Å². The van der Waals surface area contributed by atoms with Gasteiger partial charge in [0.25, 0.3) is 0 Å². The summed E-state index contributed by atoms with van der Waals surface area (Å²) in [7, 11) is 1.91. The Bertz CT molecular complexity index is 490. The minimum absolute atomic E-state index is 0.173. The summed E-state index contributed by atoms with van der Waals surface area (Å²) in [5, 5.41) is 11.8. The third-order valence-corrected chi connectivity index (χ3v) is 3.87. The first kappa shape index (κ1) is 12.7. The number of nitrogens with one attached hydrogen (secondary N) is 1. The summed E-state index contributed by atoms with van der Waals surface area (Å²) >= 11 is 0. The van der Waals surface area contributed by atoms with Crippen LogP contribution >= 0.6 is 0 Å². The molecule has 1 aromatic rings. The van der Waals surface area contributed by atoms with Gasteiger partial charge in [0, 0.05) is 18.9 Å². The molecule has 0 aliphatic heterocycles. The van der Waals surface area contributed by atoms with Crippen molar-refractivity contribution in [1.82, 2.24) is 9.88 Å². The maximum Gasteiger partial charge on any atom is 0.307 e. The van der Waals surface area contributed by atoms with Crippen LogP contribution in [0.1, 0.15) is 19.5 Å². The molecule has 1 saturated carbocycles. The van der Waals surface area contributed by atoms with Crippen molar-refractivity contribution >= 4 is 11.9 Å². The predicted molar refractivity (Wildman–Crippen MR) is 65.7 cm³/mol. The van der Waals surface area contributed by atoms with Crippen molar-refractivity contribution in [2.45, 2.75) is 20.4 Å². The molecule has 2 atom stereocenters. The molecule has 1 aromatic heterocycles. The average Bonchev–Trinajstić information content (AvgIpc) is 2.62. The van der Waals surface area contributed by atoms with Gasteiger partial charge in [-0.15, -0.1) is 0 Å². The van der Waals surface area contributed by atoms with Gasteiger partial charge in [-0.25, -0.2) is 0 Å². The lowest BCUT2D eigenvalue weighted by atomic mass is 10.1. The lowest BCUT2D eigenvalue weighted by molar-refractivity contribution is -0.140. The minimum Gasteiger partial charge on any atom is -0.481 e. The van der Waals surface area contributed by atoms with Crippen LogP contribution in [0.3, 0.4) is 0 Å². The van der Waals surface area contributed by atoms with Gasteiger partial charge in [-0.1, -0.05) is 13.8 Å². The largest absolute Gasteiger partial charge is 0.481 e. The number of carboxylic acid groups (broad SMARTS) is 1. The fraction of sp³-hybridized carbons (Fsp3) is 0.538. The zero-order chi connectivity index (χ0) is 13.5. The molecule has 5 nitrogen and oxygen atoms in total. The molecular formula is C13H18N2O3. The van der Waals surface area contributed by atoms with E-state index in [9.17, 15) is 9.59 Å². The van der Waals surface area contributed by atoms with Gasteiger partial charge in [0.1, 0.15) is 0 Å². The molecule has 0 unspecified atom stereocenters. The van der Waals surface area contributed by atoms with Gasteiger partial charge in [-0.3, -0.25) is 9.59 Å². The number of aromatic nitrogens is 1. The van der Waals surface area contributed by atoms with E-state index in [-0.39, 0.29) is 5.91 Å². The van der Waals surface area contributed by atoms with Crippen LogP contribution in [0.25, 0.3) is 0 Å². The van der Waals surface area contributed by atoms with E-state index in [1.165, 1.54) is 0 Å². The maximum absolute atomic E-state index is 12.0. The van der Waals surface area contributed by atoms with Crippen molar-refractivity contribution in [2.24, 2.45) is 24.3 Å². The van der Waals surface area contributed by atoms with Crippen LogP contribution in [0, 0.1) is 17.3 Å². The van der Waals surface area contributed by atoms with Crippen molar-refractivity contribution in [3.63, 3.8) is 0 Å². The number of hydrogen-bond acceptors (Lipinski definition) is 2. The molecule has 0 bridgehead atoms. The van der Waals surface area contributed by atoms with E-state index in [0.717, 1.165) is 5.69 Å². The molecule has 0 radical (unpaired) electrons. The number of aryl methyl sites for hydroxylation is 1. The molecule has 18 heavy (non-hydrogen) atoms. The Balaban J connectivity index is 1.94. The monoisotopic (exact) mass is 250 g/mol. The SMILES string of the molecule is Cn1cccc1CNC(=O)[C@H]1[C@@H](C(=O)O)C1(C)C. The highest BCUT2D eigenvalue weighted by Gasteiger charge is 2.65. The number of amides is 1. The normalized spacial score (nSPS) is 24.6. The first-order valence-electron chi connectivity index (χ1n) is 5.96. The number of nitrogens with zero attached hydrogens (tertiary/aromatic N) is 1. The number of aliphatic carboxylic acids is 1. The van der Waals surface area contributed by atoms with E-state index < -0.39 is 23.2 Å². The van der Waals surface area contributed by atoms with E-state index in [4.69, 9.17) is 5.11 Å². The second kappa shape index (κ2) is 4.15. The van der Waals surface area contributed by atoms with Gasteiger partial charge in [0.05, 0.1) is 18.4 Å². The molecule has 2 rings (SSSR count). The van der Waals surface area contributed by atoms with E-state index >= 15 is 0 Å². The number of hydrogen-bond donors (Lipinski definition) is 2. The molecule has 98 valence electrons. The molecule has 0 saturated heterocycles. The van der Waals surface area contributed by atoms with E-state index in [1.807, 2.05) is 43.8 Å². The number of carbonyl (C=O) groups is 2. The molecular weight excluding hydrogens is 232 g/mol. The highest BCUT2D eigenvalue weighted by atomic mass is 16.4. The topological polar surface area (TPSA) is 71.3 Å². The van der Waals surface area contributed by atoms with Gasteiger partial charge in [-0.05, 0) is 17.5 Å². The molecule has 2 N–H and O–H groups in total. The summed E-state index contributed by atoms with van der Waals surface area (Å²) in [5.41, 5.74) is 0.554. The standard InChI is InChI=1S/C13H18N2O3/c1-13(2)9(10(13)12(17)18)11(16)14-7-8-5-4-6-15(8)3/h4-6,9-10H,7H2,1-3H3,(H,14,16)(H,17,18)/t9-,10+/m1/s1. The summed E-state index contributed by atoms with van der Waals surface area (Å²) in [6.45, 7) is 4.07. The summed E-state index contributed by atoms with van der Waals surface area (Å²) in [6, 6.07) is 3.83. The van der Waals surface area contributed by atoms with Gasteiger partial charge >= 0.3 is 5.97 Å². The van der Waals surface area contributed by atoms with Crippen LogP contribution in [0.2, 0.25) is 0 Å². The summed E-state index contributed by atoms with van der Waals surface area (Å²) < 4.78 is 1.92. The Morgan fingerprint density at radius 2 is 2.11 bits per heavy atom. The van der Waals surface area contributed by atoms with Gasteiger partial charge < -0.3 is 15.0 Å². The highest BCUT2D eigenvalue weighted by molar-refractivity contribution is 5.91. The van der Waals surface area contributed by atoms with Crippen LogP contribution < -0.4 is 5.32 Å². The molecule has 1 heterocycles. The van der Waals surface area contributed by atoms with E-state index in [2.05, 4.69) is 5.32 Å². The number of rotatable bonds is 4.